The van der Waals surface area contributed by atoms with E-state index in [2.05, 4.69) is 5.32 Å². The Hall–Kier alpha value is -1.44. The molecule has 0 saturated carbocycles. The van der Waals surface area contributed by atoms with Crippen LogP contribution in [0.5, 0.6) is 0 Å². The number of carbonyl (C=O) groups excluding carboxylic acids is 2. The quantitative estimate of drug-likeness (QED) is 0.443. The van der Waals surface area contributed by atoms with Gasteiger partial charge in [0.25, 0.3) is 11.8 Å². The van der Waals surface area contributed by atoms with E-state index >= 15 is 0 Å². The molecule has 1 aromatic carbocycles. The van der Waals surface area contributed by atoms with Crippen molar-refractivity contribution < 1.29 is 9.59 Å². The first-order valence-corrected chi connectivity index (χ1v) is 8.85. The predicted molar refractivity (Wildman–Crippen MR) is 102 cm³/mol. The van der Waals surface area contributed by atoms with Crippen LogP contribution in [0.4, 0.5) is 5.69 Å². The summed E-state index contributed by atoms with van der Waals surface area (Å²) in [5.41, 5.74) is 0.229. The second-order valence-electron chi connectivity index (χ2n) is 4.67. The highest BCUT2D eigenvalue weighted by molar-refractivity contribution is 7.80. The van der Waals surface area contributed by atoms with E-state index < -0.39 is 11.8 Å². The van der Waals surface area contributed by atoms with Crippen molar-refractivity contribution in [3.63, 3.8) is 0 Å². The lowest BCUT2D eigenvalue weighted by Crippen LogP contribution is -2.54. The van der Waals surface area contributed by atoms with E-state index in [4.69, 9.17) is 47.0 Å². The molecule has 1 aliphatic heterocycles. The number of hydrogen-bond acceptors (Lipinski definition) is 4. The Morgan fingerprint density at radius 2 is 1.88 bits per heavy atom. The molecule has 1 fully saturated rings. The van der Waals surface area contributed by atoms with Gasteiger partial charge in [-0.05, 0) is 42.6 Å². The van der Waals surface area contributed by atoms with Crippen molar-refractivity contribution in [3.05, 3.63) is 55.2 Å². The summed E-state index contributed by atoms with van der Waals surface area (Å²) in [7, 11) is 0. The fraction of sp³-hybridized carbons (Fsp3) is 0. The molecule has 9 heteroatoms. The van der Waals surface area contributed by atoms with Crippen LogP contribution in [0.15, 0.2) is 35.9 Å². The summed E-state index contributed by atoms with van der Waals surface area (Å²) in [6, 6.07) is 8.21. The second-order valence-corrected chi connectivity index (χ2v) is 7.59. The number of carbonyl (C=O) groups is 2. The zero-order chi connectivity index (χ0) is 17.4. The SMILES string of the molecule is O=C1NC(=S)N(c2cccc(Cl)c2Cl)C(=O)/C1=C/c1ccc(Cl)s1. The van der Waals surface area contributed by atoms with Gasteiger partial charge in [0, 0.05) is 4.88 Å². The zero-order valence-corrected chi connectivity index (χ0v) is 15.6. The molecule has 3 rings (SSSR count). The van der Waals surface area contributed by atoms with Crippen LogP contribution >= 0.6 is 58.4 Å². The Morgan fingerprint density at radius 1 is 1.12 bits per heavy atom. The Bertz CT molecular complexity index is 908. The molecule has 1 N–H and O–H groups in total. The van der Waals surface area contributed by atoms with E-state index in [0.29, 0.717) is 14.9 Å². The van der Waals surface area contributed by atoms with Gasteiger partial charge in [0.1, 0.15) is 5.57 Å². The van der Waals surface area contributed by atoms with Crippen LogP contribution in [0.1, 0.15) is 4.88 Å². The molecule has 2 heterocycles. The highest BCUT2D eigenvalue weighted by Gasteiger charge is 2.35. The lowest BCUT2D eigenvalue weighted by Gasteiger charge is -2.29. The number of nitrogens with zero attached hydrogens (tertiary/aromatic N) is 1. The van der Waals surface area contributed by atoms with Gasteiger partial charge in [-0.1, -0.05) is 40.9 Å². The fourth-order valence-electron chi connectivity index (χ4n) is 2.09. The highest BCUT2D eigenvalue weighted by atomic mass is 35.5. The summed E-state index contributed by atoms with van der Waals surface area (Å²) < 4.78 is 0.552. The Morgan fingerprint density at radius 3 is 2.54 bits per heavy atom. The van der Waals surface area contributed by atoms with Gasteiger partial charge >= 0.3 is 0 Å². The summed E-state index contributed by atoms with van der Waals surface area (Å²) in [5, 5.41) is 2.87. The first kappa shape index (κ1) is 17.4. The minimum Gasteiger partial charge on any atom is -0.298 e. The molecule has 1 aromatic heterocycles. The zero-order valence-electron chi connectivity index (χ0n) is 11.7. The molecule has 0 bridgehead atoms. The average molecular weight is 418 g/mol. The summed E-state index contributed by atoms with van der Waals surface area (Å²) in [5.74, 6) is -1.17. The third kappa shape index (κ3) is 3.20. The van der Waals surface area contributed by atoms with E-state index in [1.165, 1.54) is 17.4 Å². The monoisotopic (exact) mass is 416 g/mol. The first-order valence-electron chi connectivity index (χ1n) is 6.49. The van der Waals surface area contributed by atoms with Crippen LogP contribution in [0.3, 0.4) is 0 Å². The van der Waals surface area contributed by atoms with Gasteiger partial charge in [0.15, 0.2) is 5.11 Å². The van der Waals surface area contributed by atoms with Gasteiger partial charge in [0.05, 0.1) is 20.1 Å². The lowest BCUT2D eigenvalue weighted by atomic mass is 10.1. The molecular formula is C15H7Cl3N2O2S2. The van der Waals surface area contributed by atoms with E-state index in [1.54, 1.807) is 30.3 Å². The Labute approximate surface area is 161 Å². The topological polar surface area (TPSA) is 49.4 Å². The first-order chi connectivity index (χ1) is 11.4. The largest absolute Gasteiger partial charge is 0.298 e. The van der Waals surface area contributed by atoms with Crippen molar-refractivity contribution in [2.24, 2.45) is 0 Å². The Kier molecular flexibility index (Phi) is 4.94. The molecular weight excluding hydrogens is 411 g/mol. The molecule has 0 radical (unpaired) electrons. The van der Waals surface area contributed by atoms with Crippen LogP contribution in [-0.4, -0.2) is 16.9 Å². The minimum atomic E-state index is -0.586. The number of halogens is 3. The summed E-state index contributed by atoms with van der Waals surface area (Å²) >= 11 is 24.4. The molecule has 0 aliphatic carbocycles. The third-order valence-corrected chi connectivity index (χ3v) is 5.43. The number of anilines is 1. The average Bonchev–Trinajstić information content (AvgIpc) is 2.93. The van der Waals surface area contributed by atoms with Crippen LogP contribution in [0, 0.1) is 0 Å². The smallest absolute Gasteiger partial charge is 0.270 e. The maximum absolute atomic E-state index is 12.8. The second kappa shape index (κ2) is 6.82. The van der Waals surface area contributed by atoms with Crippen molar-refractivity contribution in [2.45, 2.75) is 0 Å². The number of rotatable bonds is 2. The molecule has 0 unspecified atom stereocenters. The summed E-state index contributed by atoms with van der Waals surface area (Å²) in [6.45, 7) is 0. The van der Waals surface area contributed by atoms with Crippen molar-refractivity contribution in [2.75, 3.05) is 4.90 Å². The standard InChI is InChI=1S/C15H7Cl3N2O2S2/c16-9-2-1-3-10(12(9)18)20-14(22)8(13(21)19-15(20)23)6-7-4-5-11(17)24-7/h1-6H,(H,19,21,23)/b8-6+. The minimum absolute atomic E-state index is 0.0597. The van der Waals surface area contributed by atoms with Crippen molar-refractivity contribution in [3.8, 4) is 0 Å². The van der Waals surface area contributed by atoms with E-state index in [9.17, 15) is 9.59 Å². The van der Waals surface area contributed by atoms with Crippen LogP contribution < -0.4 is 10.2 Å². The van der Waals surface area contributed by atoms with Gasteiger partial charge in [-0.15, -0.1) is 11.3 Å². The number of thiocarbonyl (C=S) groups is 1. The van der Waals surface area contributed by atoms with Gasteiger partial charge in [-0.3, -0.25) is 19.8 Å². The van der Waals surface area contributed by atoms with Gasteiger partial charge < -0.3 is 0 Å². The van der Waals surface area contributed by atoms with Gasteiger partial charge in [-0.25, -0.2) is 0 Å². The van der Waals surface area contributed by atoms with Crippen LogP contribution in [0.25, 0.3) is 6.08 Å². The number of thiophene rings is 1. The summed E-state index contributed by atoms with van der Waals surface area (Å²) in [4.78, 5) is 26.8. The maximum atomic E-state index is 12.8. The number of benzene rings is 1. The third-order valence-electron chi connectivity index (χ3n) is 3.15. The van der Waals surface area contributed by atoms with Crippen LogP contribution in [0.2, 0.25) is 14.4 Å². The molecule has 24 heavy (non-hydrogen) atoms. The molecule has 4 nitrogen and oxygen atoms in total. The molecule has 2 amide bonds. The maximum Gasteiger partial charge on any atom is 0.270 e. The van der Waals surface area contributed by atoms with E-state index in [0.717, 1.165) is 4.90 Å². The molecule has 1 saturated heterocycles. The Balaban J connectivity index is 2.06. The molecule has 2 aromatic rings. The predicted octanol–water partition coefficient (Wildman–Crippen LogP) is 4.54. The normalized spacial score (nSPS) is 16.7. The lowest BCUT2D eigenvalue weighted by molar-refractivity contribution is -0.122. The van der Waals surface area contributed by atoms with E-state index in [1.807, 2.05) is 0 Å². The highest BCUT2D eigenvalue weighted by Crippen LogP contribution is 2.34. The fourth-order valence-corrected chi connectivity index (χ4v) is 3.75. The molecule has 0 spiro atoms. The van der Waals surface area contributed by atoms with Crippen molar-refractivity contribution >= 4 is 87.0 Å². The summed E-state index contributed by atoms with van der Waals surface area (Å²) in [6.07, 6.45) is 1.46. The number of nitrogens with one attached hydrogen (secondary N) is 1. The van der Waals surface area contributed by atoms with Crippen LogP contribution in [-0.2, 0) is 9.59 Å². The molecule has 122 valence electrons. The van der Waals surface area contributed by atoms with Crippen molar-refractivity contribution in [1.82, 2.24) is 5.32 Å². The number of hydrogen-bond donors (Lipinski definition) is 1. The van der Waals surface area contributed by atoms with Crippen molar-refractivity contribution in [1.29, 1.82) is 0 Å². The number of amides is 2. The molecule has 0 atom stereocenters. The van der Waals surface area contributed by atoms with Gasteiger partial charge in [-0.2, -0.15) is 0 Å². The molecule has 1 aliphatic rings. The van der Waals surface area contributed by atoms with Gasteiger partial charge in [0.2, 0.25) is 0 Å². The van der Waals surface area contributed by atoms with E-state index in [-0.39, 0.29) is 20.7 Å².